The van der Waals surface area contributed by atoms with Crippen LogP contribution in [0.1, 0.15) is 23.2 Å². The first-order chi connectivity index (χ1) is 13.5. The first-order valence-electron chi connectivity index (χ1n) is 9.29. The standard InChI is InChI=1S/C19H20F3N5O/c20-14-4-3-13(17(21)18(14)22)19(28)27-9-7-26(8-10-27)16-11-15(23-12-24-16)25-5-1-2-6-25/h3-4,11-12H,1-2,5-10H2. The van der Waals surface area contributed by atoms with Crippen LogP contribution < -0.4 is 9.80 Å². The van der Waals surface area contributed by atoms with Crippen LogP contribution in [0.15, 0.2) is 24.5 Å². The minimum atomic E-state index is -1.63. The Hall–Kier alpha value is -2.84. The van der Waals surface area contributed by atoms with E-state index in [0.717, 1.165) is 49.7 Å². The predicted molar refractivity (Wildman–Crippen MR) is 97.9 cm³/mol. The molecule has 2 saturated heterocycles. The van der Waals surface area contributed by atoms with E-state index >= 15 is 0 Å². The number of carbonyl (C=O) groups is 1. The molecule has 0 radical (unpaired) electrons. The molecule has 1 amide bonds. The molecule has 0 aliphatic carbocycles. The summed E-state index contributed by atoms with van der Waals surface area (Å²) in [6.07, 6.45) is 3.85. The molecule has 2 aliphatic rings. The van der Waals surface area contributed by atoms with Crippen LogP contribution in [0.25, 0.3) is 0 Å². The van der Waals surface area contributed by atoms with Crippen molar-refractivity contribution in [2.24, 2.45) is 0 Å². The topological polar surface area (TPSA) is 52.6 Å². The molecular formula is C19H20F3N5O. The Labute approximate surface area is 160 Å². The summed E-state index contributed by atoms with van der Waals surface area (Å²) in [5, 5.41) is 0. The first-order valence-corrected chi connectivity index (χ1v) is 9.29. The highest BCUT2D eigenvalue weighted by atomic mass is 19.2. The van der Waals surface area contributed by atoms with Crippen LogP contribution in [0.4, 0.5) is 24.8 Å². The van der Waals surface area contributed by atoms with E-state index in [2.05, 4.69) is 14.9 Å². The van der Waals surface area contributed by atoms with Gasteiger partial charge in [-0.05, 0) is 25.0 Å². The van der Waals surface area contributed by atoms with Crippen LogP contribution >= 0.6 is 0 Å². The third kappa shape index (κ3) is 3.48. The first kappa shape index (κ1) is 18.5. The Balaban J connectivity index is 1.43. The van der Waals surface area contributed by atoms with Crippen LogP contribution in [0.5, 0.6) is 0 Å². The zero-order valence-electron chi connectivity index (χ0n) is 15.2. The van der Waals surface area contributed by atoms with Gasteiger partial charge in [0.05, 0.1) is 5.56 Å². The van der Waals surface area contributed by atoms with Crippen molar-refractivity contribution >= 4 is 17.5 Å². The van der Waals surface area contributed by atoms with Crippen molar-refractivity contribution in [3.05, 3.63) is 47.5 Å². The van der Waals surface area contributed by atoms with Gasteiger partial charge in [-0.25, -0.2) is 23.1 Å². The van der Waals surface area contributed by atoms with Gasteiger partial charge in [0.25, 0.3) is 5.91 Å². The van der Waals surface area contributed by atoms with E-state index in [9.17, 15) is 18.0 Å². The average Bonchev–Trinajstić information content (AvgIpc) is 3.27. The van der Waals surface area contributed by atoms with Crippen molar-refractivity contribution in [3.8, 4) is 0 Å². The summed E-state index contributed by atoms with van der Waals surface area (Å²) in [4.78, 5) is 26.9. The molecule has 0 bridgehead atoms. The highest BCUT2D eigenvalue weighted by molar-refractivity contribution is 5.94. The number of hydrogen-bond donors (Lipinski definition) is 0. The maximum absolute atomic E-state index is 13.9. The quantitative estimate of drug-likeness (QED) is 0.753. The number of hydrogen-bond acceptors (Lipinski definition) is 5. The number of piperazine rings is 1. The van der Waals surface area contributed by atoms with Gasteiger partial charge in [-0.2, -0.15) is 0 Å². The molecule has 2 aliphatic heterocycles. The molecule has 2 aromatic rings. The van der Waals surface area contributed by atoms with Crippen molar-refractivity contribution in [1.82, 2.24) is 14.9 Å². The molecule has 1 aromatic carbocycles. The van der Waals surface area contributed by atoms with Crippen LogP contribution in [0.2, 0.25) is 0 Å². The van der Waals surface area contributed by atoms with E-state index in [-0.39, 0.29) is 0 Å². The van der Waals surface area contributed by atoms with Crippen LogP contribution in [0.3, 0.4) is 0 Å². The molecule has 0 unspecified atom stereocenters. The molecule has 4 rings (SSSR count). The maximum atomic E-state index is 13.9. The molecule has 0 spiro atoms. The fourth-order valence-electron chi connectivity index (χ4n) is 3.63. The van der Waals surface area contributed by atoms with E-state index in [1.54, 1.807) is 0 Å². The van der Waals surface area contributed by atoms with Crippen molar-refractivity contribution in [2.45, 2.75) is 12.8 Å². The minimum Gasteiger partial charge on any atom is -0.356 e. The number of amides is 1. The molecule has 6 nitrogen and oxygen atoms in total. The molecule has 9 heteroatoms. The zero-order chi connectivity index (χ0) is 19.7. The second-order valence-corrected chi connectivity index (χ2v) is 6.93. The number of benzene rings is 1. The summed E-state index contributed by atoms with van der Waals surface area (Å²) >= 11 is 0. The number of halogens is 3. The summed E-state index contributed by atoms with van der Waals surface area (Å²) in [6.45, 7) is 3.65. The second kappa shape index (κ2) is 7.65. The van der Waals surface area contributed by atoms with E-state index in [0.29, 0.717) is 26.2 Å². The molecule has 1 aromatic heterocycles. The molecular weight excluding hydrogens is 371 g/mol. The number of nitrogens with zero attached hydrogens (tertiary/aromatic N) is 5. The van der Waals surface area contributed by atoms with Crippen LogP contribution in [-0.2, 0) is 0 Å². The molecule has 0 saturated carbocycles. The molecule has 0 atom stereocenters. The lowest BCUT2D eigenvalue weighted by Crippen LogP contribution is -2.49. The van der Waals surface area contributed by atoms with E-state index < -0.39 is 28.9 Å². The summed E-state index contributed by atoms with van der Waals surface area (Å²) < 4.78 is 40.4. The average molecular weight is 391 g/mol. The lowest BCUT2D eigenvalue weighted by molar-refractivity contribution is 0.0740. The normalized spacial score (nSPS) is 17.3. The highest BCUT2D eigenvalue weighted by Gasteiger charge is 2.27. The number of aromatic nitrogens is 2. The third-order valence-electron chi connectivity index (χ3n) is 5.22. The minimum absolute atomic E-state index is 0.334. The Morgan fingerprint density at radius 2 is 1.43 bits per heavy atom. The number of carbonyl (C=O) groups excluding carboxylic acids is 1. The largest absolute Gasteiger partial charge is 0.356 e. The van der Waals surface area contributed by atoms with E-state index in [1.165, 1.54) is 11.2 Å². The fourth-order valence-corrected chi connectivity index (χ4v) is 3.63. The summed E-state index contributed by atoms with van der Waals surface area (Å²) in [5.74, 6) is -3.35. The Morgan fingerprint density at radius 1 is 0.821 bits per heavy atom. The lowest BCUT2D eigenvalue weighted by atomic mass is 10.1. The van der Waals surface area contributed by atoms with Crippen LogP contribution in [0, 0.1) is 17.5 Å². The van der Waals surface area contributed by atoms with Crippen molar-refractivity contribution < 1.29 is 18.0 Å². The van der Waals surface area contributed by atoms with Gasteiger partial charge in [0.2, 0.25) is 0 Å². The smallest absolute Gasteiger partial charge is 0.257 e. The molecule has 0 N–H and O–H groups in total. The van der Waals surface area contributed by atoms with Gasteiger partial charge < -0.3 is 14.7 Å². The predicted octanol–water partition coefficient (Wildman–Crippen LogP) is 2.46. The van der Waals surface area contributed by atoms with E-state index in [4.69, 9.17) is 0 Å². The summed E-state index contributed by atoms with van der Waals surface area (Å²) in [5.41, 5.74) is -0.453. The second-order valence-electron chi connectivity index (χ2n) is 6.93. The van der Waals surface area contributed by atoms with E-state index in [1.807, 2.05) is 11.0 Å². The van der Waals surface area contributed by atoms with Crippen molar-refractivity contribution in [3.63, 3.8) is 0 Å². The molecule has 28 heavy (non-hydrogen) atoms. The van der Waals surface area contributed by atoms with Gasteiger partial charge >= 0.3 is 0 Å². The monoisotopic (exact) mass is 391 g/mol. The Morgan fingerprint density at radius 3 is 2.07 bits per heavy atom. The zero-order valence-corrected chi connectivity index (χ0v) is 15.2. The molecule has 148 valence electrons. The van der Waals surface area contributed by atoms with Crippen molar-refractivity contribution in [1.29, 1.82) is 0 Å². The number of rotatable bonds is 3. The molecule has 3 heterocycles. The summed E-state index contributed by atoms with van der Waals surface area (Å²) in [7, 11) is 0. The highest BCUT2D eigenvalue weighted by Crippen LogP contribution is 2.23. The Bertz CT molecular complexity index is 880. The van der Waals surface area contributed by atoms with Gasteiger partial charge in [-0.1, -0.05) is 0 Å². The fraction of sp³-hybridized carbons (Fsp3) is 0.421. The lowest BCUT2D eigenvalue weighted by Gasteiger charge is -2.35. The third-order valence-corrected chi connectivity index (χ3v) is 5.22. The van der Waals surface area contributed by atoms with Gasteiger partial charge in [0.15, 0.2) is 17.5 Å². The maximum Gasteiger partial charge on any atom is 0.257 e. The van der Waals surface area contributed by atoms with Gasteiger partial charge in [-0.15, -0.1) is 0 Å². The number of anilines is 2. The van der Waals surface area contributed by atoms with Gasteiger partial charge in [0.1, 0.15) is 18.0 Å². The van der Waals surface area contributed by atoms with Crippen molar-refractivity contribution in [2.75, 3.05) is 49.1 Å². The summed E-state index contributed by atoms with van der Waals surface area (Å²) in [6, 6.07) is 3.69. The Kier molecular flexibility index (Phi) is 5.06. The SMILES string of the molecule is O=C(c1ccc(F)c(F)c1F)N1CCN(c2cc(N3CCCC3)ncn2)CC1. The van der Waals surface area contributed by atoms with Gasteiger partial charge in [-0.3, -0.25) is 4.79 Å². The van der Waals surface area contributed by atoms with Gasteiger partial charge in [0, 0.05) is 45.3 Å². The molecule has 2 fully saturated rings. The van der Waals surface area contributed by atoms with Crippen LogP contribution in [-0.4, -0.2) is 60.0 Å².